The minimum Gasteiger partial charge on any atom is -0.305 e. The monoisotopic (exact) mass is 355 g/mol. The van der Waals surface area contributed by atoms with Crippen LogP contribution in [0.1, 0.15) is 65.3 Å². The van der Waals surface area contributed by atoms with E-state index < -0.39 is 0 Å². The van der Waals surface area contributed by atoms with Crippen molar-refractivity contribution in [1.82, 2.24) is 9.97 Å². The van der Waals surface area contributed by atoms with Gasteiger partial charge in [-0.25, -0.2) is 9.97 Å². The standard InChI is InChI=1S/C23H21N3O/c1-13-10-14-4-2-3-5-20(14)26(13)23(27)17-8-9-18-19(12-17)25-22-16-7-6-15(11-16)21(22)24-18/h2-5,8-9,12-13,15-16H,6-7,10-11H2,1H3. The lowest BCUT2D eigenvalue weighted by molar-refractivity contribution is 0.0981. The van der Waals surface area contributed by atoms with Crippen molar-refractivity contribution >= 4 is 22.6 Å². The molecule has 27 heavy (non-hydrogen) atoms. The number of hydrogen-bond acceptors (Lipinski definition) is 3. The lowest BCUT2D eigenvalue weighted by Crippen LogP contribution is -2.35. The number of amides is 1. The molecule has 0 N–H and O–H groups in total. The number of benzene rings is 2. The number of nitrogens with zero attached hydrogens (tertiary/aromatic N) is 3. The van der Waals surface area contributed by atoms with E-state index in [1.807, 2.05) is 41.3 Å². The molecule has 0 spiro atoms. The van der Waals surface area contributed by atoms with Crippen LogP contribution in [0, 0.1) is 0 Å². The summed E-state index contributed by atoms with van der Waals surface area (Å²) in [5, 5.41) is 0. The Labute approximate surface area is 158 Å². The van der Waals surface area contributed by atoms with Gasteiger partial charge in [-0.2, -0.15) is 0 Å². The summed E-state index contributed by atoms with van der Waals surface area (Å²) in [4.78, 5) is 25.1. The number of anilines is 1. The van der Waals surface area contributed by atoms with Gasteiger partial charge in [-0.15, -0.1) is 0 Å². The molecule has 6 rings (SSSR count). The molecule has 1 amide bonds. The number of fused-ring (bicyclic) bond motifs is 7. The Morgan fingerprint density at radius 1 is 1.00 bits per heavy atom. The fourth-order valence-electron chi connectivity index (χ4n) is 5.31. The number of para-hydroxylation sites is 1. The molecular weight excluding hydrogens is 334 g/mol. The van der Waals surface area contributed by atoms with Crippen molar-refractivity contribution in [2.75, 3.05) is 4.90 Å². The smallest absolute Gasteiger partial charge is 0.258 e. The topological polar surface area (TPSA) is 46.1 Å². The van der Waals surface area contributed by atoms with Gasteiger partial charge in [-0.05, 0) is 62.4 Å². The molecule has 0 saturated heterocycles. The van der Waals surface area contributed by atoms with Crippen LogP contribution in [0.3, 0.4) is 0 Å². The minimum atomic E-state index is 0.0539. The van der Waals surface area contributed by atoms with E-state index in [9.17, 15) is 4.79 Å². The number of carbonyl (C=O) groups excluding carboxylic acids is 1. The zero-order chi connectivity index (χ0) is 18.1. The maximum absolute atomic E-state index is 13.3. The first kappa shape index (κ1) is 15.3. The molecule has 1 fully saturated rings. The second kappa shape index (κ2) is 5.38. The van der Waals surface area contributed by atoms with Crippen LogP contribution >= 0.6 is 0 Å². The van der Waals surface area contributed by atoms with Gasteiger partial charge in [0.25, 0.3) is 5.91 Å². The molecule has 3 aromatic rings. The van der Waals surface area contributed by atoms with E-state index in [4.69, 9.17) is 9.97 Å². The maximum Gasteiger partial charge on any atom is 0.258 e. The first-order valence-electron chi connectivity index (χ1n) is 9.92. The lowest BCUT2D eigenvalue weighted by atomic mass is 10.00. The summed E-state index contributed by atoms with van der Waals surface area (Å²) >= 11 is 0. The molecule has 3 aliphatic rings. The summed E-state index contributed by atoms with van der Waals surface area (Å²) < 4.78 is 0. The average Bonchev–Trinajstić information content (AvgIpc) is 3.38. The van der Waals surface area contributed by atoms with Gasteiger partial charge >= 0.3 is 0 Å². The average molecular weight is 355 g/mol. The highest BCUT2D eigenvalue weighted by molar-refractivity contribution is 6.09. The molecule has 1 aromatic heterocycles. The molecule has 0 radical (unpaired) electrons. The van der Waals surface area contributed by atoms with Gasteiger partial charge in [0, 0.05) is 29.1 Å². The fourth-order valence-corrected chi connectivity index (χ4v) is 5.31. The largest absolute Gasteiger partial charge is 0.305 e. The van der Waals surface area contributed by atoms with Crippen molar-refractivity contribution in [3.63, 3.8) is 0 Å². The second-order valence-corrected chi connectivity index (χ2v) is 8.26. The third-order valence-corrected chi connectivity index (χ3v) is 6.60. The summed E-state index contributed by atoms with van der Waals surface area (Å²) in [6.07, 6.45) is 4.60. The van der Waals surface area contributed by atoms with Gasteiger partial charge in [0.1, 0.15) is 0 Å². The zero-order valence-corrected chi connectivity index (χ0v) is 15.4. The van der Waals surface area contributed by atoms with Crippen molar-refractivity contribution < 1.29 is 4.79 Å². The number of rotatable bonds is 1. The van der Waals surface area contributed by atoms with Crippen LogP contribution in [-0.4, -0.2) is 21.9 Å². The van der Waals surface area contributed by atoms with Gasteiger partial charge in [0.05, 0.1) is 22.4 Å². The van der Waals surface area contributed by atoms with Crippen LogP contribution in [-0.2, 0) is 6.42 Å². The molecule has 1 aliphatic heterocycles. The Morgan fingerprint density at radius 3 is 2.56 bits per heavy atom. The van der Waals surface area contributed by atoms with E-state index in [-0.39, 0.29) is 11.9 Å². The molecule has 3 atom stereocenters. The van der Waals surface area contributed by atoms with Crippen molar-refractivity contribution in [3.8, 4) is 0 Å². The molecule has 3 unspecified atom stereocenters. The second-order valence-electron chi connectivity index (χ2n) is 8.26. The summed E-state index contributed by atoms with van der Waals surface area (Å²) in [6.45, 7) is 2.11. The van der Waals surface area contributed by atoms with Crippen LogP contribution in [0.15, 0.2) is 42.5 Å². The normalized spacial score (nSPS) is 25.1. The Hall–Kier alpha value is -2.75. The van der Waals surface area contributed by atoms with Crippen molar-refractivity contribution in [1.29, 1.82) is 0 Å². The molecule has 4 nitrogen and oxygen atoms in total. The van der Waals surface area contributed by atoms with Crippen molar-refractivity contribution in [2.45, 2.75) is 50.5 Å². The molecule has 134 valence electrons. The molecule has 2 bridgehead atoms. The van der Waals surface area contributed by atoms with Gasteiger partial charge in [0.2, 0.25) is 0 Å². The summed E-state index contributed by atoms with van der Waals surface area (Å²) in [7, 11) is 0. The summed E-state index contributed by atoms with van der Waals surface area (Å²) in [5.41, 5.74) is 7.13. The van der Waals surface area contributed by atoms with Gasteiger partial charge < -0.3 is 4.90 Å². The lowest BCUT2D eigenvalue weighted by Gasteiger charge is -2.23. The quantitative estimate of drug-likeness (QED) is 0.641. The molecule has 2 heterocycles. The first-order chi connectivity index (χ1) is 13.2. The van der Waals surface area contributed by atoms with Crippen LogP contribution < -0.4 is 4.90 Å². The van der Waals surface area contributed by atoms with E-state index in [0.717, 1.165) is 23.1 Å². The van der Waals surface area contributed by atoms with Crippen LogP contribution in [0.2, 0.25) is 0 Å². The van der Waals surface area contributed by atoms with E-state index in [1.165, 1.54) is 36.2 Å². The van der Waals surface area contributed by atoms with Crippen LogP contribution in [0.4, 0.5) is 5.69 Å². The third-order valence-electron chi connectivity index (χ3n) is 6.60. The Morgan fingerprint density at radius 2 is 1.74 bits per heavy atom. The highest BCUT2D eigenvalue weighted by atomic mass is 16.2. The predicted molar refractivity (Wildman–Crippen MR) is 105 cm³/mol. The number of hydrogen-bond donors (Lipinski definition) is 0. The molecule has 2 aliphatic carbocycles. The third kappa shape index (κ3) is 2.13. The Balaban J connectivity index is 1.42. The van der Waals surface area contributed by atoms with E-state index >= 15 is 0 Å². The van der Waals surface area contributed by atoms with Crippen molar-refractivity contribution in [2.24, 2.45) is 0 Å². The molecule has 1 saturated carbocycles. The van der Waals surface area contributed by atoms with E-state index in [1.54, 1.807) is 0 Å². The van der Waals surface area contributed by atoms with Crippen LogP contribution in [0.25, 0.3) is 11.0 Å². The summed E-state index contributed by atoms with van der Waals surface area (Å²) in [5.74, 6) is 1.23. The molecular formula is C23H21N3O. The molecule has 4 heteroatoms. The van der Waals surface area contributed by atoms with Crippen LogP contribution in [0.5, 0.6) is 0 Å². The predicted octanol–water partition coefficient (Wildman–Crippen LogP) is 4.59. The minimum absolute atomic E-state index is 0.0539. The zero-order valence-electron chi connectivity index (χ0n) is 15.4. The van der Waals surface area contributed by atoms with E-state index in [2.05, 4.69) is 13.0 Å². The molecule has 2 aromatic carbocycles. The highest BCUT2D eigenvalue weighted by Gasteiger charge is 2.39. The Kier molecular flexibility index (Phi) is 3.05. The van der Waals surface area contributed by atoms with Gasteiger partial charge in [-0.1, -0.05) is 18.2 Å². The SMILES string of the molecule is CC1Cc2ccccc2N1C(=O)c1ccc2nc3c(nc2c1)C1CCC3C1. The first-order valence-corrected chi connectivity index (χ1v) is 9.92. The van der Waals surface area contributed by atoms with E-state index in [0.29, 0.717) is 17.4 Å². The highest BCUT2D eigenvalue weighted by Crippen LogP contribution is 2.51. The number of aromatic nitrogens is 2. The van der Waals surface area contributed by atoms with Gasteiger partial charge in [0.15, 0.2) is 0 Å². The summed E-state index contributed by atoms with van der Waals surface area (Å²) in [6, 6.07) is 14.2. The Bertz CT molecular complexity index is 1110. The fraction of sp³-hybridized carbons (Fsp3) is 0.348. The maximum atomic E-state index is 13.3. The van der Waals surface area contributed by atoms with Gasteiger partial charge in [-0.3, -0.25) is 4.79 Å². The van der Waals surface area contributed by atoms with Crippen molar-refractivity contribution in [3.05, 3.63) is 65.0 Å². The number of carbonyl (C=O) groups is 1.